The van der Waals surface area contributed by atoms with E-state index in [2.05, 4.69) is 38.1 Å². The molecule has 140 valence electrons. The molecule has 1 aliphatic heterocycles. The van der Waals surface area contributed by atoms with Crippen LogP contribution in [-0.2, 0) is 16.0 Å². The van der Waals surface area contributed by atoms with Gasteiger partial charge >= 0.3 is 5.97 Å². The Bertz CT molecular complexity index is 491. The molecule has 0 saturated carbocycles. The van der Waals surface area contributed by atoms with Crippen molar-refractivity contribution in [3.8, 4) is 0 Å². The Labute approximate surface area is 154 Å². The van der Waals surface area contributed by atoms with Gasteiger partial charge in [0.2, 0.25) is 0 Å². The van der Waals surface area contributed by atoms with E-state index in [9.17, 15) is 4.79 Å². The van der Waals surface area contributed by atoms with E-state index in [0.717, 1.165) is 37.7 Å². The first-order chi connectivity index (χ1) is 12.2. The zero-order valence-electron chi connectivity index (χ0n) is 16.3. The molecule has 0 aliphatic carbocycles. The smallest absolute Gasteiger partial charge is 0.309 e. The van der Waals surface area contributed by atoms with Gasteiger partial charge in [-0.15, -0.1) is 0 Å². The van der Waals surface area contributed by atoms with Crippen molar-refractivity contribution >= 4 is 5.97 Å². The molecule has 1 fully saturated rings. The molecule has 25 heavy (non-hydrogen) atoms. The van der Waals surface area contributed by atoms with Gasteiger partial charge in [-0.1, -0.05) is 83.1 Å². The lowest BCUT2D eigenvalue weighted by Crippen LogP contribution is -2.26. The minimum absolute atomic E-state index is 0.0244. The van der Waals surface area contributed by atoms with Crippen LogP contribution < -0.4 is 0 Å². The minimum atomic E-state index is -0.0338. The first-order valence-corrected chi connectivity index (χ1v) is 10.5. The third-order valence-corrected chi connectivity index (χ3v) is 5.45. The zero-order chi connectivity index (χ0) is 17.9. The van der Waals surface area contributed by atoms with E-state index < -0.39 is 0 Å². The SMILES string of the molecule is CCCCCCc1ccc(C2CCC(CCCCCC)C(=O)O2)cc1. The van der Waals surface area contributed by atoms with E-state index >= 15 is 0 Å². The second-order valence-electron chi connectivity index (χ2n) is 7.60. The fourth-order valence-electron chi connectivity index (χ4n) is 3.74. The highest BCUT2D eigenvalue weighted by Gasteiger charge is 2.30. The number of rotatable bonds is 11. The maximum absolute atomic E-state index is 12.3. The Morgan fingerprint density at radius 2 is 1.56 bits per heavy atom. The second-order valence-corrected chi connectivity index (χ2v) is 7.60. The van der Waals surface area contributed by atoms with Gasteiger partial charge in [-0.2, -0.15) is 0 Å². The summed E-state index contributed by atoms with van der Waals surface area (Å²) < 4.78 is 5.76. The number of carbonyl (C=O) groups is 1. The predicted molar refractivity (Wildman–Crippen MR) is 105 cm³/mol. The Kier molecular flexibility index (Phi) is 9.07. The molecule has 2 unspecified atom stereocenters. The summed E-state index contributed by atoms with van der Waals surface area (Å²) in [5.74, 6) is 0.155. The summed E-state index contributed by atoms with van der Waals surface area (Å²) in [6.07, 6.45) is 14.2. The number of esters is 1. The number of benzene rings is 1. The van der Waals surface area contributed by atoms with Crippen LogP contribution >= 0.6 is 0 Å². The van der Waals surface area contributed by atoms with Crippen LogP contribution in [-0.4, -0.2) is 5.97 Å². The van der Waals surface area contributed by atoms with E-state index in [4.69, 9.17) is 4.74 Å². The highest BCUT2D eigenvalue weighted by atomic mass is 16.5. The monoisotopic (exact) mass is 344 g/mol. The van der Waals surface area contributed by atoms with Gasteiger partial charge in [0.25, 0.3) is 0 Å². The number of aryl methyl sites for hydroxylation is 1. The molecule has 2 atom stereocenters. The second kappa shape index (κ2) is 11.3. The maximum Gasteiger partial charge on any atom is 0.309 e. The van der Waals surface area contributed by atoms with Gasteiger partial charge in [-0.05, 0) is 43.2 Å². The van der Waals surface area contributed by atoms with Crippen LogP contribution in [0.2, 0.25) is 0 Å². The lowest BCUT2D eigenvalue weighted by atomic mass is 9.90. The van der Waals surface area contributed by atoms with Crippen molar-refractivity contribution in [2.45, 2.75) is 97.0 Å². The largest absolute Gasteiger partial charge is 0.457 e. The number of unbranched alkanes of at least 4 members (excludes halogenated alkanes) is 6. The highest BCUT2D eigenvalue weighted by Crippen LogP contribution is 2.33. The zero-order valence-corrected chi connectivity index (χ0v) is 16.3. The molecule has 1 aromatic rings. The van der Waals surface area contributed by atoms with Gasteiger partial charge in [-0.25, -0.2) is 0 Å². The van der Waals surface area contributed by atoms with Crippen LogP contribution in [0.15, 0.2) is 24.3 Å². The number of ether oxygens (including phenoxy) is 1. The average molecular weight is 345 g/mol. The lowest BCUT2D eigenvalue weighted by Gasteiger charge is -2.28. The van der Waals surface area contributed by atoms with E-state index in [1.165, 1.54) is 50.5 Å². The standard InChI is InChI=1S/C23H36O2/c1-3-5-7-9-11-19-13-15-20(16-14-19)22-18-17-21(23(24)25-22)12-10-8-6-4-2/h13-16,21-22H,3-12,17-18H2,1-2H3. The van der Waals surface area contributed by atoms with Gasteiger partial charge in [0.1, 0.15) is 6.10 Å². The molecule has 0 amide bonds. The Hall–Kier alpha value is -1.31. The fourth-order valence-corrected chi connectivity index (χ4v) is 3.74. The predicted octanol–water partition coefficient (Wildman–Crippen LogP) is 6.77. The molecule has 2 rings (SSSR count). The van der Waals surface area contributed by atoms with Gasteiger partial charge in [-0.3, -0.25) is 4.79 Å². The van der Waals surface area contributed by atoms with Crippen molar-refractivity contribution in [2.24, 2.45) is 5.92 Å². The molecule has 0 radical (unpaired) electrons. The topological polar surface area (TPSA) is 26.3 Å². The summed E-state index contributed by atoms with van der Waals surface area (Å²) in [5.41, 5.74) is 2.56. The number of cyclic esters (lactones) is 1. The van der Waals surface area contributed by atoms with Crippen molar-refractivity contribution < 1.29 is 9.53 Å². The summed E-state index contributed by atoms with van der Waals surface area (Å²) in [4.78, 5) is 12.3. The molecule has 1 aromatic carbocycles. The first kappa shape index (κ1) is 20.0. The quantitative estimate of drug-likeness (QED) is 0.327. The van der Waals surface area contributed by atoms with E-state index in [1.807, 2.05) is 0 Å². The van der Waals surface area contributed by atoms with Crippen LogP contribution in [0.5, 0.6) is 0 Å². The van der Waals surface area contributed by atoms with Crippen molar-refractivity contribution in [1.29, 1.82) is 0 Å². The van der Waals surface area contributed by atoms with Crippen LogP contribution in [0.4, 0.5) is 0 Å². The van der Waals surface area contributed by atoms with Crippen LogP contribution in [0.25, 0.3) is 0 Å². The normalized spacial score (nSPS) is 20.5. The summed E-state index contributed by atoms with van der Waals surface area (Å²) >= 11 is 0. The van der Waals surface area contributed by atoms with Crippen LogP contribution in [0.1, 0.15) is 102 Å². The number of hydrogen-bond acceptors (Lipinski definition) is 2. The minimum Gasteiger partial charge on any atom is -0.457 e. The first-order valence-electron chi connectivity index (χ1n) is 10.5. The Morgan fingerprint density at radius 1 is 0.880 bits per heavy atom. The molecular formula is C23H36O2. The van der Waals surface area contributed by atoms with Gasteiger partial charge < -0.3 is 4.74 Å². The van der Waals surface area contributed by atoms with Gasteiger partial charge in [0.15, 0.2) is 0 Å². The Balaban J connectivity index is 1.76. The summed E-state index contributed by atoms with van der Waals surface area (Å²) in [7, 11) is 0. The number of carbonyl (C=O) groups excluding carboxylic acids is 1. The van der Waals surface area contributed by atoms with Crippen molar-refractivity contribution in [1.82, 2.24) is 0 Å². The van der Waals surface area contributed by atoms with Crippen molar-refractivity contribution in [3.05, 3.63) is 35.4 Å². The van der Waals surface area contributed by atoms with E-state index in [0.29, 0.717) is 0 Å². The molecule has 1 aliphatic rings. The average Bonchev–Trinajstić information content (AvgIpc) is 2.64. The Morgan fingerprint density at radius 3 is 2.20 bits per heavy atom. The molecule has 1 heterocycles. The number of hydrogen-bond donors (Lipinski definition) is 0. The summed E-state index contributed by atoms with van der Waals surface area (Å²) in [6.45, 7) is 4.46. The molecule has 2 nitrogen and oxygen atoms in total. The summed E-state index contributed by atoms with van der Waals surface area (Å²) in [6, 6.07) is 8.75. The molecule has 0 N–H and O–H groups in total. The van der Waals surface area contributed by atoms with Gasteiger partial charge in [0.05, 0.1) is 5.92 Å². The molecule has 0 spiro atoms. The summed E-state index contributed by atoms with van der Waals surface area (Å²) in [5, 5.41) is 0. The third-order valence-electron chi connectivity index (χ3n) is 5.45. The van der Waals surface area contributed by atoms with Crippen molar-refractivity contribution in [3.63, 3.8) is 0 Å². The third kappa shape index (κ3) is 6.84. The van der Waals surface area contributed by atoms with E-state index in [1.54, 1.807) is 0 Å². The van der Waals surface area contributed by atoms with Crippen molar-refractivity contribution in [2.75, 3.05) is 0 Å². The maximum atomic E-state index is 12.3. The molecule has 0 aromatic heterocycles. The molecule has 2 heteroatoms. The van der Waals surface area contributed by atoms with Gasteiger partial charge in [0, 0.05) is 0 Å². The fraction of sp³-hybridized carbons (Fsp3) is 0.696. The van der Waals surface area contributed by atoms with E-state index in [-0.39, 0.29) is 18.0 Å². The molecule has 0 bridgehead atoms. The van der Waals surface area contributed by atoms with Crippen LogP contribution in [0.3, 0.4) is 0 Å². The molecule has 1 saturated heterocycles. The van der Waals surface area contributed by atoms with Crippen LogP contribution in [0, 0.1) is 5.92 Å². The highest BCUT2D eigenvalue weighted by molar-refractivity contribution is 5.73. The molecular weight excluding hydrogens is 308 g/mol. The lowest BCUT2D eigenvalue weighted by molar-refractivity contribution is -0.161.